The maximum atomic E-state index is 12.4. The first-order valence-electron chi connectivity index (χ1n) is 6.20. The number of hydrogen-bond acceptors (Lipinski definition) is 3. The van der Waals surface area contributed by atoms with Crippen LogP contribution in [-0.2, 0) is 16.6 Å². The Hall–Kier alpha value is -0.620. The molecule has 0 heterocycles. The van der Waals surface area contributed by atoms with Crippen LogP contribution in [0.3, 0.4) is 0 Å². The molecule has 1 rings (SSSR count). The molecule has 0 aliphatic heterocycles. The summed E-state index contributed by atoms with van der Waals surface area (Å²) >= 11 is 5.96. The van der Waals surface area contributed by atoms with Gasteiger partial charge in [0.1, 0.15) is 0 Å². The third-order valence-electron chi connectivity index (χ3n) is 3.28. The zero-order valence-electron chi connectivity index (χ0n) is 11.7. The Morgan fingerprint density at radius 3 is 2.37 bits per heavy atom. The fraction of sp³-hybridized carbons (Fsp3) is 0.538. The summed E-state index contributed by atoms with van der Waals surface area (Å²) in [4.78, 5) is 0.202. The predicted molar refractivity (Wildman–Crippen MR) is 78.7 cm³/mol. The molecule has 19 heavy (non-hydrogen) atoms. The van der Waals surface area contributed by atoms with Crippen LogP contribution in [0.1, 0.15) is 31.9 Å². The quantitative estimate of drug-likeness (QED) is 0.877. The van der Waals surface area contributed by atoms with Gasteiger partial charge >= 0.3 is 0 Å². The van der Waals surface area contributed by atoms with Crippen LogP contribution in [0.25, 0.3) is 0 Å². The van der Waals surface area contributed by atoms with Gasteiger partial charge < -0.3 is 5.73 Å². The lowest BCUT2D eigenvalue weighted by atomic mass is 10.1. The molecule has 0 aliphatic carbocycles. The van der Waals surface area contributed by atoms with Crippen molar-refractivity contribution < 1.29 is 8.42 Å². The highest BCUT2D eigenvalue weighted by Crippen LogP contribution is 2.24. The Balaban J connectivity index is 3.25. The molecule has 0 saturated carbocycles. The molecule has 0 spiro atoms. The fourth-order valence-corrected chi connectivity index (χ4v) is 3.65. The average molecular weight is 305 g/mol. The molecule has 1 aromatic rings. The number of nitrogens with one attached hydrogen (secondary N) is 1. The van der Waals surface area contributed by atoms with E-state index in [-0.39, 0.29) is 23.4 Å². The number of benzene rings is 1. The van der Waals surface area contributed by atoms with Crippen LogP contribution in [-0.4, -0.2) is 14.5 Å². The molecular formula is C13H21ClN2O2S. The van der Waals surface area contributed by atoms with E-state index in [2.05, 4.69) is 4.72 Å². The van der Waals surface area contributed by atoms with Crippen molar-refractivity contribution in [3.8, 4) is 0 Å². The Morgan fingerprint density at radius 2 is 1.89 bits per heavy atom. The lowest BCUT2D eigenvalue weighted by Crippen LogP contribution is -2.36. The van der Waals surface area contributed by atoms with E-state index in [0.717, 1.165) is 5.56 Å². The van der Waals surface area contributed by atoms with Gasteiger partial charge in [0, 0.05) is 17.6 Å². The average Bonchev–Trinajstić information content (AvgIpc) is 2.30. The van der Waals surface area contributed by atoms with Crippen molar-refractivity contribution in [3.63, 3.8) is 0 Å². The summed E-state index contributed by atoms with van der Waals surface area (Å²) in [6.07, 6.45) is 0. The summed E-state index contributed by atoms with van der Waals surface area (Å²) in [7, 11) is -3.58. The standard InChI is InChI=1S/C13H21ClN2O2S/c1-8(2)10(4)16-19(17,18)13-6-12(14)5-11(7-15)9(13)3/h5-6,8,10,16H,7,15H2,1-4H3. The van der Waals surface area contributed by atoms with E-state index >= 15 is 0 Å². The van der Waals surface area contributed by atoms with E-state index in [0.29, 0.717) is 10.6 Å². The molecule has 0 fully saturated rings. The monoisotopic (exact) mass is 304 g/mol. The van der Waals surface area contributed by atoms with Crippen molar-refractivity contribution in [1.82, 2.24) is 4.72 Å². The molecule has 1 aromatic carbocycles. The Kier molecular flexibility index (Phi) is 5.38. The van der Waals surface area contributed by atoms with E-state index in [1.807, 2.05) is 20.8 Å². The fourth-order valence-electron chi connectivity index (χ4n) is 1.64. The SMILES string of the molecule is Cc1c(CN)cc(Cl)cc1S(=O)(=O)NC(C)C(C)C. The number of sulfonamides is 1. The van der Waals surface area contributed by atoms with Gasteiger partial charge in [0.2, 0.25) is 10.0 Å². The molecule has 108 valence electrons. The summed E-state index contributed by atoms with van der Waals surface area (Å²) in [6.45, 7) is 7.76. The molecule has 4 nitrogen and oxygen atoms in total. The van der Waals surface area contributed by atoms with Crippen molar-refractivity contribution >= 4 is 21.6 Å². The van der Waals surface area contributed by atoms with Crippen LogP contribution in [0.15, 0.2) is 17.0 Å². The Bertz CT molecular complexity index is 556. The number of rotatable bonds is 5. The predicted octanol–water partition coefficient (Wildman–Crippen LogP) is 2.43. The van der Waals surface area contributed by atoms with Gasteiger partial charge in [-0.15, -0.1) is 0 Å². The van der Waals surface area contributed by atoms with Crippen LogP contribution in [0.4, 0.5) is 0 Å². The molecule has 6 heteroatoms. The minimum Gasteiger partial charge on any atom is -0.326 e. The second-order valence-electron chi connectivity index (χ2n) is 5.05. The van der Waals surface area contributed by atoms with Crippen LogP contribution in [0.2, 0.25) is 5.02 Å². The number of hydrogen-bond donors (Lipinski definition) is 2. The van der Waals surface area contributed by atoms with E-state index < -0.39 is 10.0 Å². The number of halogens is 1. The molecule has 0 radical (unpaired) electrons. The van der Waals surface area contributed by atoms with Crippen molar-refractivity contribution in [1.29, 1.82) is 0 Å². The zero-order chi connectivity index (χ0) is 14.8. The van der Waals surface area contributed by atoms with E-state index in [1.165, 1.54) is 6.07 Å². The first-order chi connectivity index (χ1) is 8.69. The van der Waals surface area contributed by atoms with E-state index in [9.17, 15) is 8.42 Å². The maximum Gasteiger partial charge on any atom is 0.241 e. The van der Waals surface area contributed by atoms with Crippen molar-refractivity contribution in [2.45, 2.75) is 45.2 Å². The first kappa shape index (κ1) is 16.4. The molecule has 3 N–H and O–H groups in total. The largest absolute Gasteiger partial charge is 0.326 e. The topological polar surface area (TPSA) is 72.2 Å². The summed E-state index contributed by atoms with van der Waals surface area (Å²) < 4.78 is 27.4. The number of nitrogens with two attached hydrogens (primary N) is 1. The maximum absolute atomic E-state index is 12.4. The summed E-state index contributed by atoms with van der Waals surface area (Å²) in [6, 6.07) is 3.01. The van der Waals surface area contributed by atoms with E-state index in [1.54, 1.807) is 13.0 Å². The molecule has 1 atom stereocenters. The van der Waals surface area contributed by atoms with Gasteiger partial charge in [0.15, 0.2) is 0 Å². The molecule has 0 aliphatic rings. The third kappa shape index (κ3) is 3.92. The minimum absolute atomic E-state index is 0.148. The zero-order valence-corrected chi connectivity index (χ0v) is 13.3. The second kappa shape index (κ2) is 6.22. The lowest BCUT2D eigenvalue weighted by molar-refractivity contribution is 0.476. The van der Waals surface area contributed by atoms with Gasteiger partial charge in [-0.25, -0.2) is 13.1 Å². The van der Waals surface area contributed by atoms with Crippen LogP contribution in [0, 0.1) is 12.8 Å². The molecule has 0 saturated heterocycles. The summed E-state index contributed by atoms with van der Waals surface area (Å²) in [5, 5.41) is 0.378. The normalized spacial score (nSPS) is 13.8. The summed E-state index contributed by atoms with van der Waals surface area (Å²) in [5.41, 5.74) is 7.00. The van der Waals surface area contributed by atoms with Gasteiger partial charge in [0.25, 0.3) is 0 Å². The minimum atomic E-state index is -3.58. The molecular weight excluding hydrogens is 284 g/mol. The summed E-state index contributed by atoms with van der Waals surface area (Å²) in [5.74, 6) is 0.211. The van der Waals surface area contributed by atoms with Crippen molar-refractivity contribution in [2.75, 3.05) is 0 Å². The highest BCUT2D eigenvalue weighted by atomic mass is 35.5. The Labute approximate surface area is 120 Å². The molecule has 0 amide bonds. The van der Waals surface area contributed by atoms with Gasteiger partial charge in [-0.2, -0.15) is 0 Å². The van der Waals surface area contributed by atoms with Gasteiger partial charge in [0.05, 0.1) is 4.90 Å². The first-order valence-corrected chi connectivity index (χ1v) is 8.06. The third-order valence-corrected chi connectivity index (χ3v) is 5.19. The molecule has 0 bridgehead atoms. The van der Waals surface area contributed by atoms with Crippen molar-refractivity contribution in [2.24, 2.45) is 11.7 Å². The van der Waals surface area contributed by atoms with Crippen LogP contribution < -0.4 is 10.5 Å². The highest BCUT2D eigenvalue weighted by molar-refractivity contribution is 7.89. The Morgan fingerprint density at radius 1 is 1.32 bits per heavy atom. The van der Waals surface area contributed by atoms with Gasteiger partial charge in [-0.3, -0.25) is 0 Å². The van der Waals surface area contributed by atoms with Crippen molar-refractivity contribution in [3.05, 3.63) is 28.3 Å². The smallest absolute Gasteiger partial charge is 0.241 e. The second-order valence-corrected chi connectivity index (χ2v) is 7.16. The van der Waals surface area contributed by atoms with Gasteiger partial charge in [-0.1, -0.05) is 25.4 Å². The van der Waals surface area contributed by atoms with Crippen LogP contribution >= 0.6 is 11.6 Å². The highest BCUT2D eigenvalue weighted by Gasteiger charge is 2.22. The van der Waals surface area contributed by atoms with E-state index in [4.69, 9.17) is 17.3 Å². The molecule has 0 aromatic heterocycles. The van der Waals surface area contributed by atoms with Crippen LogP contribution in [0.5, 0.6) is 0 Å². The lowest BCUT2D eigenvalue weighted by Gasteiger charge is -2.19. The van der Waals surface area contributed by atoms with Gasteiger partial charge in [-0.05, 0) is 43.0 Å². The molecule has 1 unspecified atom stereocenters.